The Morgan fingerprint density at radius 1 is 1.16 bits per heavy atom. The molecule has 1 heterocycles. The molecule has 0 spiro atoms. The third-order valence-electron chi connectivity index (χ3n) is 2.82. The number of benzene rings is 1. The lowest BCUT2D eigenvalue weighted by molar-refractivity contribution is 1.01. The predicted octanol–water partition coefficient (Wildman–Crippen LogP) is 2.50. The molecule has 0 unspecified atom stereocenters. The highest BCUT2D eigenvalue weighted by molar-refractivity contribution is 7.80. The Morgan fingerprint density at radius 3 is 2.37 bits per heavy atom. The van der Waals surface area contributed by atoms with Crippen molar-refractivity contribution in [1.29, 1.82) is 0 Å². The minimum absolute atomic E-state index is 0.282. The van der Waals surface area contributed by atoms with Gasteiger partial charge in [-0.1, -0.05) is 29.9 Å². The summed E-state index contributed by atoms with van der Waals surface area (Å²) in [6.45, 7) is 3.95. The first kappa shape index (κ1) is 13.4. The van der Waals surface area contributed by atoms with Crippen molar-refractivity contribution >= 4 is 28.8 Å². The van der Waals surface area contributed by atoms with Crippen LogP contribution in [0.4, 0.5) is 11.6 Å². The topological polar surface area (TPSA) is 55.0 Å². The van der Waals surface area contributed by atoms with Crippen LogP contribution in [0.15, 0.2) is 30.3 Å². The van der Waals surface area contributed by atoms with Crippen LogP contribution in [0.2, 0.25) is 0 Å². The molecule has 0 bridgehead atoms. The van der Waals surface area contributed by atoms with Crippen LogP contribution in [0.3, 0.4) is 0 Å². The first-order valence-electron chi connectivity index (χ1n) is 5.93. The van der Waals surface area contributed by atoms with Gasteiger partial charge < -0.3 is 10.6 Å². The number of hydrogen-bond donors (Lipinski definition) is 1. The number of nitrogens with two attached hydrogens (primary N) is 1. The molecular formula is C14H16N4S. The Kier molecular flexibility index (Phi) is 3.76. The van der Waals surface area contributed by atoms with E-state index in [0.29, 0.717) is 11.6 Å². The highest BCUT2D eigenvalue weighted by Gasteiger charge is 2.10. The fraction of sp³-hybridized carbons (Fsp3) is 0.214. The number of aryl methyl sites for hydroxylation is 2. The standard InChI is InChI=1S/C14H16N4S/c1-9-4-6-11(7-5-9)18(3)14-16-10(2)8-12(17-14)13(15)19/h4-8H,1-3H3,(H2,15,19). The van der Waals surface area contributed by atoms with E-state index < -0.39 is 0 Å². The Labute approximate surface area is 118 Å². The van der Waals surface area contributed by atoms with Crippen LogP contribution in [0.1, 0.15) is 17.0 Å². The number of nitrogens with zero attached hydrogens (tertiary/aromatic N) is 3. The first-order chi connectivity index (χ1) is 8.97. The van der Waals surface area contributed by atoms with Gasteiger partial charge in [-0.3, -0.25) is 0 Å². The van der Waals surface area contributed by atoms with Crippen molar-refractivity contribution in [1.82, 2.24) is 9.97 Å². The predicted molar refractivity (Wildman–Crippen MR) is 81.9 cm³/mol. The average molecular weight is 272 g/mol. The Morgan fingerprint density at radius 2 is 1.79 bits per heavy atom. The van der Waals surface area contributed by atoms with E-state index in [2.05, 4.69) is 29.0 Å². The Bertz CT molecular complexity index is 607. The summed E-state index contributed by atoms with van der Waals surface area (Å²) in [5.74, 6) is 0.589. The van der Waals surface area contributed by atoms with E-state index in [4.69, 9.17) is 18.0 Å². The van der Waals surface area contributed by atoms with E-state index in [-0.39, 0.29) is 4.99 Å². The smallest absolute Gasteiger partial charge is 0.230 e. The van der Waals surface area contributed by atoms with Gasteiger partial charge in [0.1, 0.15) is 10.7 Å². The zero-order chi connectivity index (χ0) is 14.0. The molecule has 0 amide bonds. The van der Waals surface area contributed by atoms with Crippen molar-refractivity contribution in [2.75, 3.05) is 11.9 Å². The number of rotatable bonds is 3. The van der Waals surface area contributed by atoms with Crippen molar-refractivity contribution in [3.63, 3.8) is 0 Å². The molecule has 0 saturated heterocycles. The summed E-state index contributed by atoms with van der Waals surface area (Å²) in [6, 6.07) is 9.95. The molecular weight excluding hydrogens is 256 g/mol. The van der Waals surface area contributed by atoms with Crippen molar-refractivity contribution in [3.05, 3.63) is 47.3 Å². The zero-order valence-electron chi connectivity index (χ0n) is 11.2. The van der Waals surface area contributed by atoms with E-state index in [1.54, 1.807) is 6.07 Å². The van der Waals surface area contributed by atoms with Crippen LogP contribution in [0.25, 0.3) is 0 Å². The molecule has 0 fully saturated rings. The molecule has 0 radical (unpaired) electrons. The number of thiocarbonyl (C=S) groups is 1. The molecule has 19 heavy (non-hydrogen) atoms. The van der Waals surface area contributed by atoms with Crippen LogP contribution >= 0.6 is 12.2 Å². The molecule has 0 atom stereocenters. The Balaban J connectivity index is 2.40. The van der Waals surface area contributed by atoms with Crippen LogP contribution < -0.4 is 10.6 Å². The third-order valence-corrected chi connectivity index (χ3v) is 3.03. The van der Waals surface area contributed by atoms with Gasteiger partial charge in [0.2, 0.25) is 5.95 Å². The molecule has 2 rings (SSSR count). The van der Waals surface area contributed by atoms with Gasteiger partial charge in [0.25, 0.3) is 0 Å². The van der Waals surface area contributed by atoms with Crippen molar-refractivity contribution < 1.29 is 0 Å². The van der Waals surface area contributed by atoms with Gasteiger partial charge in [-0.05, 0) is 32.0 Å². The highest BCUT2D eigenvalue weighted by atomic mass is 32.1. The summed E-state index contributed by atoms with van der Waals surface area (Å²) in [4.78, 5) is 11.0. The molecule has 0 aliphatic heterocycles. The average Bonchev–Trinajstić information content (AvgIpc) is 2.38. The fourth-order valence-electron chi connectivity index (χ4n) is 1.71. The number of aromatic nitrogens is 2. The van der Waals surface area contributed by atoms with Gasteiger partial charge in [-0.25, -0.2) is 9.97 Å². The first-order valence-corrected chi connectivity index (χ1v) is 6.34. The monoisotopic (exact) mass is 272 g/mol. The quantitative estimate of drug-likeness (QED) is 0.870. The third kappa shape index (κ3) is 3.06. The van der Waals surface area contributed by atoms with Crippen LogP contribution in [-0.2, 0) is 0 Å². The second-order valence-electron chi connectivity index (χ2n) is 4.45. The molecule has 0 aliphatic carbocycles. The lowest BCUT2D eigenvalue weighted by atomic mass is 10.2. The van der Waals surface area contributed by atoms with Crippen LogP contribution in [0, 0.1) is 13.8 Å². The summed E-state index contributed by atoms with van der Waals surface area (Å²) >= 11 is 4.97. The second-order valence-corrected chi connectivity index (χ2v) is 4.89. The molecule has 1 aromatic carbocycles. The van der Waals surface area contributed by atoms with E-state index in [1.807, 2.05) is 31.0 Å². The molecule has 1 aromatic heterocycles. The SMILES string of the molecule is Cc1ccc(N(C)c2nc(C)cc(C(N)=S)n2)cc1. The molecule has 2 aromatic rings. The maximum Gasteiger partial charge on any atom is 0.230 e. The summed E-state index contributed by atoms with van der Waals surface area (Å²) in [5.41, 5.74) is 9.30. The highest BCUT2D eigenvalue weighted by Crippen LogP contribution is 2.21. The summed E-state index contributed by atoms with van der Waals surface area (Å²) < 4.78 is 0. The second kappa shape index (κ2) is 5.32. The molecule has 0 saturated carbocycles. The zero-order valence-corrected chi connectivity index (χ0v) is 12.0. The lowest BCUT2D eigenvalue weighted by Gasteiger charge is -2.18. The van der Waals surface area contributed by atoms with Crippen LogP contribution in [-0.4, -0.2) is 22.0 Å². The number of hydrogen-bond acceptors (Lipinski definition) is 4. The summed E-state index contributed by atoms with van der Waals surface area (Å²) in [6.07, 6.45) is 0. The molecule has 98 valence electrons. The van der Waals surface area contributed by atoms with E-state index in [9.17, 15) is 0 Å². The van der Waals surface area contributed by atoms with Crippen molar-refractivity contribution in [3.8, 4) is 0 Å². The van der Waals surface area contributed by atoms with E-state index >= 15 is 0 Å². The molecule has 0 aliphatic rings. The fourth-order valence-corrected chi connectivity index (χ4v) is 1.82. The van der Waals surface area contributed by atoms with Gasteiger partial charge >= 0.3 is 0 Å². The minimum atomic E-state index is 0.282. The molecule has 2 N–H and O–H groups in total. The minimum Gasteiger partial charge on any atom is -0.388 e. The van der Waals surface area contributed by atoms with E-state index in [0.717, 1.165) is 11.4 Å². The largest absolute Gasteiger partial charge is 0.388 e. The lowest BCUT2D eigenvalue weighted by Crippen LogP contribution is -2.18. The number of anilines is 2. The van der Waals surface area contributed by atoms with Gasteiger partial charge in [-0.15, -0.1) is 0 Å². The summed E-state index contributed by atoms with van der Waals surface area (Å²) in [5, 5.41) is 0. The van der Waals surface area contributed by atoms with Gasteiger partial charge in [0.15, 0.2) is 0 Å². The summed E-state index contributed by atoms with van der Waals surface area (Å²) in [7, 11) is 1.92. The van der Waals surface area contributed by atoms with Crippen LogP contribution in [0.5, 0.6) is 0 Å². The maximum absolute atomic E-state index is 5.63. The van der Waals surface area contributed by atoms with Gasteiger partial charge in [-0.2, -0.15) is 0 Å². The van der Waals surface area contributed by atoms with Crippen molar-refractivity contribution in [2.45, 2.75) is 13.8 Å². The molecule has 4 nitrogen and oxygen atoms in total. The maximum atomic E-state index is 5.63. The van der Waals surface area contributed by atoms with Gasteiger partial charge in [0, 0.05) is 18.4 Å². The molecule has 5 heteroatoms. The van der Waals surface area contributed by atoms with E-state index in [1.165, 1.54) is 5.56 Å². The normalized spacial score (nSPS) is 10.3. The van der Waals surface area contributed by atoms with Gasteiger partial charge in [0.05, 0.1) is 0 Å². The Hall–Kier alpha value is -2.01. The van der Waals surface area contributed by atoms with Crippen molar-refractivity contribution in [2.24, 2.45) is 5.73 Å².